The molecule has 0 saturated heterocycles. The number of thioether (sulfide) groups is 1. The lowest BCUT2D eigenvalue weighted by atomic mass is 10.3. The zero-order chi connectivity index (χ0) is 11.3. The van der Waals surface area contributed by atoms with Gasteiger partial charge in [-0.15, -0.1) is 11.8 Å². The van der Waals surface area contributed by atoms with Crippen LogP contribution in [0.2, 0.25) is 0 Å². The molecule has 0 fully saturated rings. The van der Waals surface area contributed by atoms with Gasteiger partial charge in [0.25, 0.3) is 5.91 Å². The molecule has 0 aliphatic heterocycles. The number of amides is 1. The van der Waals surface area contributed by atoms with Crippen LogP contribution in [0.5, 0.6) is 0 Å². The highest BCUT2D eigenvalue weighted by atomic mass is 32.2. The Morgan fingerprint density at radius 1 is 1.40 bits per heavy atom. The highest BCUT2D eigenvalue weighted by Crippen LogP contribution is 2.21. The Morgan fingerprint density at radius 3 is 2.47 bits per heavy atom. The molecule has 15 heavy (non-hydrogen) atoms. The quantitative estimate of drug-likeness (QED) is 0.794. The third kappa shape index (κ3) is 3.25. The summed E-state index contributed by atoms with van der Waals surface area (Å²) < 4.78 is 0. The summed E-state index contributed by atoms with van der Waals surface area (Å²) in [6.45, 7) is 1.64. The second-order valence-electron chi connectivity index (χ2n) is 3.04. The average Bonchev–Trinajstić information content (AvgIpc) is 2.28. The van der Waals surface area contributed by atoms with Gasteiger partial charge in [0.1, 0.15) is 6.61 Å². The van der Waals surface area contributed by atoms with E-state index in [9.17, 15) is 4.79 Å². The molecule has 0 saturated carbocycles. The largest absolute Gasteiger partial charge is 0.387 e. The molecule has 0 spiro atoms. The maximum atomic E-state index is 11.2. The third-order valence-corrected chi connectivity index (χ3v) is 2.94. The molecule has 0 aliphatic rings. The molecule has 1 rings (SSSR count). The van der Waals surface area contributed by atoms with Crippen LogP contribution >= 0.6 is 11.8 Å². The number of aliphatic hydroxyl groups excluding tert-OH is 1. The molecular formula is C11H15NO2S. The average molecular weight is 225 g/mol. The monoisotopic (exact) mass is 225 g/mol. The van der Waals surface area contributed by atoms with Crippen molar-refractivity contribution < 1.29 is 9.90 Å². The normalized spacial score (nSPS) is 10.1. The highest BCUT2D eigenvalue weighted by molar-refractivity contribution is 7.99. The van der Waals surface area contributed by atoms with Crippen LogP contribution in [0, 0.1) is 0 Å². The second kappa shape index (κ2) is 5.78. The van der Waals surface area contributed by atoms with Crippen molar-refractivity contribution >= 4 is 23.4 Å². The smallest absolute Gasteiger partial charge is 0.252 e. The van der Waals surface area contributed by atoms with Crippen molar-refractivity contribution in [1.29, 1.82) is 0 Å². The molecule has 0 aromatic heterocycles. The summed E-state index contributed by atoms with van der Waals surface area (Å²) in [4.78, 5) is 13.8. The molecule has 0 radical (unpaired) electrons. The van der Waals surface area contributed by atoms with Crippen LogP contribution in [-0.4, -0.2) is 30.4 Å². The van der Waals surface area contributed by atoms with Gasteiger partial charge in [-0.05, 0) is 30.0 Å². The summed E-state index contributed by atoms with van der Waals surface area (Å²) in [7, 11) is 1.65. The van der Waals surface area contributed by atoms with E-state index in [2.05, 4.69) is 6.92 Å². The van der Waals surface area contributed by atoms with Gasteiger partial charge >= 0.3 is 0 Å². The van der Waals surface area contributed by atoms with E-state index in [0.717, 1.165) is 11.4 Å². The minimum Gasteiger partial charge on any atom is -0.387 e. The number of hydrogen-bond donors (Lipinski definition) is 1. The standard InChI is InChI=1S/C11H15NO2S/c1-3-15-10-6-4-9(5-7-10)12(2)11(14)8-13/h4-7,13H,3,8H2,1-2H3. The first-order valence-electron chi connectivity index (χ1n) is 4.79. The Hall–Kier alpha value is -1.00. The first-order chi connectivity index (χ1) is 7.19. The molecule has 1 N–H and O–H groups in total. The van der Waals surface area contributed by atoms with Gasteiger partial charge in [-0.2, -0.15) is 0 Å². The molecule has 0 aliphatic carbocycles. The van der Waals surface area contributed by atoms with E-state index in [4.69, 9.17) is 5.11 Å². The van der Waals surface area contributed by atoms with E-state index < -0.39 is 6.61 Å². The summed E-state index contributed by atoms with van der Waals surface area (Å²) in [6, 6.07) is 7.71. The molecule has 0 atom stereocenters. The Bertz CT molecular complexity index is 324. The molecule has 1 amide bonds. The fourth-order valence-electron chi connectivity index (χ4n) is 1.18. The Balaban J connectivity index is 2.75. The van der Waals surface area contributed by atoms with Crippen molar-refractivity contribution in [2.75, 3.05) is 24.3 Å². The molecule has 82 valence electrons. The van der Waals surface area contributed by atoms with Gasteiger partial charge in [0.2, 0.25) is 0 Å². The van der Waals surface area contributed by atoms with Crippen LogP contribution in [0.4, 0.5) is 5.69 Å². The predicted octanol–water partition coefficient (Wildman–Crippen LogP) is 1.75. The number of aliphatic hydroxyl groups is 1. The van der Waals surface area contributed by atoms with E-state index in [1.807, 2.05) is 24.3 Å². The van der Waals surface area contributed by atoms with Crippen molar-refractivity contribution in [2.45, 2.75) is 11.8 Å². The number of likely N-dealkylation sites (N-methyl/N-ethyl adjacent to an activating group) is 1. The molecule has 1 aromatic carbocycles. The zero-order valence-electron chi connectivity index (χ0n) is 8.93. The lowest BCUT2D eigenvalue weighted by Crippen LogP contribution is -2.28. The molecule has 3 nitrogen and oxygen atoms in total. The Kier molecular flexibility index (Phi) is 4.65. The Labute approximate surface area is 94.1 Å². The molecule has 0 unspecified atom stereocenters. The number of carbonyl (C=O) groups excluding carboxylic acids is 1. The van der Waals surface area contributed by atoms with Crippen LogP contribution in [0.1, 0.15) is 6.92 Å². The first-order valence-corrected chi connectivity index (χ1v) is 5.78. The highest BCUT2D eigenvalue weighted by Gasteiger charge is 2.08. The van der Waals surface area contributed by atoms with E-state index in [0.29, 0.717) is 0 Å². The third-order valence-electron chi connectivity index (χ3n) is 2.04. The molecular weight excluding hydrogens is 210 g/mol. The summed E-state index contributed by atoms with van der Waals surface area (Å²) in [5.41, 5.74) is 0.800. The van der Waals surface area contributed by atoms with Gasteiger partial charge in [-0.3, -0.25) is 4.79 Å². The maximum Gasteiger partial charge on any atom is 0.252 e. The van der Waals surface area contributed by atoms with Crippen molar-refractivity contribution in [3.05, 3.63) is 24.3 Å². The van der Waals surface area contributed by atoms with Crippen molar-refractivity contribution in [3.8, 4) is 0 Å². The van der Waals surface area contributed by atoms with Crippen LogP contribution < -0.4 is 4.90 Å². The van der Waals surface area contributed by atoms with E-state index in [1.54, 1.807) is 18.8 Å². The van der Waals surface area contributed by atoms with Crippen LogP contribution in [-0.2, 0) is 4.79 Å². The minimum absolute atomic E-state index is 0.300. The number of rotatable bonds is 4. The van der Waals surface area contributed by atoms with Crippen molar-refractivity contribution in [3.63, 3.8) is 0 Å². The number of anilines is 1. The van der Waals surface area contributed by atoms with Gasteiger partial charge in [-0.25, -0.2) is 0 Å². The maximum absolute atomic E-state index is 11.2. The number of carbonyl (C=O) groups is 1. The van der Waals surface area contributed by atoms with Crippen molar-refractivity contribution in [2.24, 2.45) is 0 Å². The summed E-state index contributed by atoms with van der Waals surface area (Å²) in [5.74, 6) is 0.732. The van der Waals surface area contributed by atoms with Gasteiger partial charge < -0.3 is 10.0 Å². The fraction of sp³-hybridized carbons (Fsp3) is 0.364. The molecule has 1 aromatic rings. The van der Waals surface area contributed by atoms with E-state index >= 15 is 0 Å². The summed E-state index contributed by atoms with van der Waals surface area (Å²) >= 11 is 1.76. The van der Waals surface area contributed by atoms with Crippen LogP contribution in [0.3, 0.4) is 0 Å². The van der Waals surface area contributed by atoms with E-state index in [-0.39, 0.29) is 5.91 Å². The molecule has 0 bridgehead atoms. The van der Waals surface area contributed by atoms with Gasteiger partial charge in [-0.1, -0.05) is 6.92 Å². The number of benzene rings is 1. The SMILES string of the molecule is CCSc1ccc(N(C)C(=O)CO)cc1. The summed E-state index contributed by atoms with van der Waals surface area (Å²) in [5, 5.41) is 8.71. The van der Waals surface area contributed by atoms with Gasteiger partial charge in [0.05, 0.1) is 0 Å². The fourth-order valence-corrected chi connectivity index (χ4v) is 1.84. The second-order valence-corrected chi connectivity index (χ2v) is 4.38. The minimum atomic E-state index is -0.456. The van der Waals surface area contributed by atoms with E-state index in [1.165, 1.54) is 9.80 Å². The Morgan fingerprint density at radius 2 is 2.00 bits per heavy atom. The summed E-state index contributed by atoms with van der Waals surface area (Å²) in [6.07, 6.45) is 0. The topological polar surface area (TPSA) is 40.5 Å². The molecule has 0 heterocycles. The lowest BCUT2D eigenvalue weighted by Gasteiger charge is -2.16. The lowest BCUT2D eigenvalue weighted by molar-refractivity contribution is -0.120. The zero-order valence-corrected chi connectivity index (χ0v) is 9.75. The number of hydrogen-bond acceptors (Lipinski definition) is 3. The van der Waals surface area contributed by atoms with Crippen molar-refractivity contribution in [1.82, 2.24) is 0 Å². The van der Waals surface area contributed by atoms with Gasteiger partial charge in [0.15, 0.2) is 0 Å². The first kappa shape index (κ1) is 12.1. The predicted molar refractivity (Wildman–Crippen MR) is 63.3 cm³/mol. The van der Waals surface area contributed by atoms with Crippen LogP contribution in [0.15, 0.2) is 29.2 Å². The van der Waals surface area contributed by atoms with Crippen LogP contribution in [0.25, 0.3) is 0 Å². The molecule has 4 heteroatoms. The van der Waals surface area contributed by atoms with Gasteiger partial charge in [0, 0.05) is 17.6 Å². The number of nitrogens with zero attached hydrogens (tertiary/aromatic N) is 1.